The third kappa shape index (κ3) is 3.75. The molecule has 0 saturated carbocycles. The van der Waals surface area contributed by atoms with E-state index in [-0.39, 0.29) is 18.2 Å². The van der Waals surface area contributed by atoms with Gasteiger partial charge >= 0.3 is 5.69 Å². The standard InChI is InChI=1S/C21H25N5O3/c1-28-18-10-12-23-17(19(18)29-2)14-25-21(27)26(16-8-4-3-5-9-16)20(24-25)15-7-6-11-22-13-15/h3-5,8-10,12,15,22H,6-7,11,13-14H2,1-2H3. The summed E-state index contributed by atoms with van der Waals surface area (Å²) in [4.78, 5) is 17.7. The molecule has 3 aromatic rings. The zero-order valence-electron chi connectivity index (χ0n) is 16.7. The van der Waals surface area contributed by atoms with E-state index in [1.54, 1.807) is 31.0 Å². The van der Waals surface area contributed by atoms with Crippen LogP contribution in [0.4, 0.5) is 0 Å². The Hall–Kier alpha value is -3.13. The van der Waals surface area contributed by atoms with Crippen LogP contribution in [0, 0.1) is 0 Å². The van der Waals surface area contributed by atoms with Gasteiger partial charge in [0, 0.05) is 24.7 Å². The van der Waals surface area contributed by atoms with Gasteiger partial charge in [-0.2, -0.15) is 5.10 Å². The van der Waals surface area contributed by atoms with Gasteiger partial charge in [-0.05, 0) is 31.5 Å². The maximum Gasteiger partial charge on any atom is 0.350 e. The normalized spacial score (nSPS) is 16.6. The highest BCUT2D eigenvalue weighted by atomic mass is 16.5. The Morgan fingerprint density at radius 1 is 1.17 bits per heavy atom. The Bertz CT molecular complexity index is 1020. The molecule has 0 aliphatic carbocycles. The number of pyridine rings is 1. The summed E-state index contributed by atoms with van der Waals surface area (Å²) in [5.41, 5.74) is 1.22. The lowest BCUT2D eigenvalue weighted by molar-refractivity contribution is 0.347. The highest BCUT2D eigenvalue weighted by molar-refractivity contribution is 5.42. The molecule has 2 aromatic heterocycles. The molecule has 1 aliphatic heterocycles. The van der Waals surface area contributed by atoms with Gasteiger partial charge in [0.05, 0.1) is 26.5 Å². The van der Waals surface area contributed by atoms with E-state index in [1.807, 2.05) is 30.3 Å². The average Bonchev–Trinajstić information content (AvgIpc) is 3.10. The van der Waals surface area contributed by atoms with Gasteiger partial charge in [-0.25, -0.2) is 14.0 Å². The number of aromatic nitrogens is 4. The maximum absolute atomic E-state index is 13.3. The summed E-state index contributed by atoms with van der Waals surface area (Å²) in [6, 6.07) is 11.4. The van der Waals surface area contributed by atoms with Gasteiger partial charge in [0.2, 0.25) is 0 Å². The maximum atomic E-state index is 13.3. The Balaban J connectivity index is 1.79. The number of nitrogens with zero attached hydrogens (tertiary/aromatic N) is 4. The Labute approximate surface area is 169 Å². The first-order chi connectivity index (χ1) is 14.2. The van der Waals surface area contributed by atoms with E-state index >= 15 is 0 Å². The average molecular weight is 395 g/mol. The smallest absolute Gasteiger partial charge is 0.350 e. The zero-order chi connectivity index (χ0) is 20.2. The number of hydrogen-bond donors (Lipinski definition) is 1. The van der Waals surface area contributed by atoms with Gasteiger partial charge in [-0.3, -0.25) is 4.98 Å². The fraction of sp³-hybridized carbons (Fsp3) is 0.381. The molecule has 1 saturated heterocycles. The Morgan fingerprint density at radius 3 is 2.69 bits per heavy atom. The number of nitrogens with one attached hydrogen (secondary N) is 1. The number of methoxy groups -OCH3 is 2. The molecule has 0 bridgehead atoms. The predicted molar refractivity (Wildman–Crippen MR) is 109 cm³/mol. The molecule has 0 amide bonds. The van der Waals surface area contributed by atoms with Gasteiger partial charge in [-0.1, -0.05) is 18.2 Å². The van der Waals surface area contributed by atoms with Crippen LogP contribution in [-0.4, -0.2) is 46.6 Å². The Kier molecular flexibility index (Phi) is 5.62. The van der Waals surface area contributed by atoms with E-state index in [2.05, 4.69) is 10.3 Å². The van der Waals surface area contributed by atoms with Crippen LogP contribution in [0.1, 0.15) is 30.3 Å². The third-order valence-corrected chi connectivity index (χ3v) is 5.21. The van der Waals surface area contributed by atoms with E-state index in [4.69, 9.17) is 14.6 Å². The number of ether oxygens (including phenoxy) is 2. The fourth-order valence-electron chi connectivity index (χ4n) is 3.79. The minimum absolute atomic E-state index is 0.179. The van der Waals surface area contributed by atoms with Crippen LogP contribution in [-0.2, 0) is 6.54 Å². The van der Waals surface area contributed by atoms with Crippen molar-refractivity contribution >= 4 is 0 Å². The minimum atomic E-state index is -0.191. The molecule has 1 aromatic carbocycles. The number of rotatable bonds is 6. The first kappa shape index (κ1) is 19.2. The summed E-state index contributed by atoms with van der Waals surface area (Å²) in [6.07, 6.45) is 3.70. The van der Waals surface area contributed by atoms with Crippen LogP contribution in [0.5, 0.6) is 11.5 Å². The predicted octanol–water partition coefficient (Wildman–Crippen LogP) is 1.96. The first-order valence-electron chi connectivity index (χ1n) is 9.74. The van der Waals surface area contributed by atoms with Crippen LogP contribution in [0.15, 0.2) is 47.4 Å². The molecule has 1 aliphatic rings. The largest absolute Gasteiger partial charge is 0.493 e. The summed E-state index contributed by atoms with van der Waals surface area (Å²) in [5.74, 6) is 2.04. The van der Waals surface area contributed by atoms with Gasteiger partial charge in [-0.15, -0.1) is 0 Å². The lowest BCUT2D eigenvalue weighted by Crippen LogP contribution is -2.31. The van der Waals surface area contributed by atoms with Crippen molar-refractivity contribution in [1.82, 2.24) is 24.6 Å². The molecule has 1 fully saturated rings. The van der Waals surface area contributed by atoms with E-state index < -0.39 is 0 Å². The highest BCUT2D eigenvalue weighted by Gasteiger charge is 2.25. The van der Waals surface area contributed by atoms with Crippen LogP contribution in [0.25, 0.3) is 5.69 Å². The molecule has 4 rings (SSSR count). The summed E-state index contributed by atoms with van der Waals surface area (Å²) in [6.45, 7) is 2.01. The summed E-state index contributed by atoms with van der Waals surface area (Å²) in [5, 5.41) is 8.14. The van der Waals surface area contributed by atoms with E-state index in [0.717, 1.165) is 37.4 Å². The SMILES string of the molecule is COc1ccnc(Cn2nc(C3CCCNC3)n(-c3ccccc3)c2=O)c1OC. The summed E-state index contributed by atoms with van der Waals surface area (Å²) < 4.78 is 14.0. The number of benzene rings is 1. The second-order valence-corrected chi connectivity index (χ2v) is 7.01. The quantitative estimate of drug-likeness (QED) is 0.687. The summed E-state index contributed by atoms with van der Waals surface area (Å²) >= 11 is 0. The summed E-state index contributed by atoms with van der Waals surface area (Å²) in [7, 11) is 3.14. The van der Waals surface area contributed by atoms with Crippen molar-refractivity contribution in [3.63, 3.8) is 0 Å². The second kappa shape index (κ2) is 8.48. The van der Waals surface area contributed by atoms with Crippen molar-refractivity contribution < 1.29 is 9.47 Å². The van der Waals surface area contributed by atoms with E-state index in [1.165, 1.54) is 4.68 Å². The lowest BCUT2D eigenvalue weighted by Gasteiger charge is -2.22. The van der Waals surface area contributed by atoms with Gasteiger partial charge in [0.15, 0.2) is 11.5 Å². The monoisotopic (exact) mass is 395 g/mol. The minimum Gasteiger partial charge on any atom is -0.493 e. The molecule has 0 radical (unpaired) electrons. The van der Waals surface area contributed by atoms with Crippen LogP contribution >= 0.6 is 0 Å². The molecule has 1 unspecified atom stereocenters. The topological polar surface area (TPSA) is 83.2 Å². The molecule has 1 N–H and O–H groups in total. The van der Waals surface area contributed by atoms with E-state index in [0.29, 0.717) is 17.2 Å². The third-order valence-electron chi connectivity index (χ3n) is 5.21. The number of piperidine rings is 1. The lowest BCUT2D eigenvalue weighted by atomic mass is 9.99. The molecule has 29 heavy (non-hydrogen) atoms. The van der Waals surface area contributed by atoms with Crippen molar-refractivity contribution in [2.45, 2.75) is 25.3 Å². The van der Waals surface area contributed by atoms with Crippen LogP contribution in [0.3, 0.4) is 0 Å². The van der Waals surface area contributed by atoms with Crippen molar-refractivity contribution in [2.75, 3.05) is 27.3 Å². The first-order valence-corrected chi connectivity index (χ1v) is 9.74. The molecule has 8 nitrogen and oxygen atoms in total. The second-order valence-electron chi connectivity index (χ2n) is 7.01. The highest BCUT2D eigenvalue weighted by Crippen LogP contribution is 2.29. The van der Waals surface area contributed by atoms with Crippen molar-refractivity contribution in [1.29, 1.82) is 0 Å². The zero-order valence-corrected chi connectivity index (χ0v) is 16.7. The molecular formula is C21H25N5O3. The van der Waals surface area contributed by atoms with Gasteiger partial charge in [0.1, 0.15) is 11.5 Å². The number of para-hydroxylation sites is 1. The van der Waals surface area contributed by atoms with Crippen molar-refractivity contribution in [3.8, 4) is 17.2 Å². The molecule has 8 heteroatoms. The van der Waals surface area contributed by atoms with Crippen molar-refractivity contribution in [2.24, 2.45) is 0 Å². The van der Waals surface area contributed by atoms with Gasteiger partial charge < -0.3 is 14.8 Å². The molecule has 3 heterocycles. The van der Waals surface area contributed by atoms with E-state index in [9.17, 15) is 4.79 Å². The molecule has 1 atom stereocenters. The molecular weight excluding hydrogens is 370 g/mol. The Morgan fingerprint density at radius 2 is 2.00 bits per heavy atom. The molecule has 0 spiro atoms. The van der Waals surface area contributed by atoms with Crippen LogP contribution < -0.4 is 20.5 Å². The number of hydrogen-bond acceptors (Lipinski definition) is 6. The van der Waals surface area contributed by atoms with Crippen molar-refractivity contribution in [3.05, 3.63) is 64.6 Å². The van der Waals surface area contributed by atoms with Crippen LogP contribution in [0.2, 0.25) is 0 Å². The fourth-order valence-corrected chi connectivity index (χ4v) is 3.79. The molecule has 152 valence electrons. The van der Waals surface area contributed by atoms with Gasteiger partial charge in [0.25, 0.3) is 0 Å².